The average Bonchev–Trinajstić information content (AvgIpc) is 3.12. The van der Waals surface area contributed by atoms with Gasteiger partial charge in [-0.1, -0.05) is 37.3 Å². The van der Waals surface area contributed by atoms with E-state index in [1.54, 1.807) is 37.3 Å². The number of anilines is 1. The van der Waals surface area contributed by atoms with E-state index in [1.807, 2.05) is 26.0 Å². The second kappa shape index (κ2) is 8.55. The summed E-state index contributed by atoms with van der Waals surface area (Å²) in [5, 5.41) is 0.565. The normalized spacial score (nSPS) is 12.5. The fourth-order valence-electron chi connectivity index (χ4n) is 3.77. The molecule has 0 saturated heterocycles. The number of hydrogen-bond acceptors (Lipinski definition) is 5. The Bertz CT molecular complexity index is 1260. The predicted molar refractivity (Wildman–Crippen MR) is 121 cm³/mol. The van der Waals surface area contributed by atoms with Crippen molar-refractivity contribution in [2.24, 2.45) is 0 Å². The van der Waals surface area contributed by atoms with Gasteiger partial charge in [0.25, 0.3) is 5.91 Å². The van der Waals surface area contributed by atoms with Gasteiger partial charge >= 0.3 is 5.97 Å². The highest BCUT2D eigenvalue weighted by Crippen LogP contribution is 2.29. The molecule has 0 unspecified atom stereocenters. The summed E-state index contributed by atoms with van der Waals surface area (Å²) in [6, 6.07) is 11.5. The summed E-state index contributed by atoms with van der Waals surface area (Å²) in [5.41, 5.74) is 2.86. The zero-order chi connectivity index (χ0) is 22.9. The Morgan fingerprint density at radius 2 is 1.81 bits per heavy atom. The third-order valence-corrected chi connectivity index (χ3v) is 6.43. The molecule has 3 rings (SSSR count). The molecule has 0 aliphatic rings. The predicted octanol–water partition coefficient (Wildman–Crippen LogP) is 3.93. The number of para-hydroxylation sites is 1. The van der Waals surface area contributed by atoms with Crippen LogP contribution < -0.4 is 4.31 Å². The summed E-state index contributed by atoms with van der Waals surface area (Å²) in [6.45, 7) is 5.44. The van der Waals surface area contributed by atoms with Crippen LogP contribution in [0.4, 0.5) is 5.69 Å². The molecular weight excluding hydrogens is 416 g/mol. The van der Waals surface area contributed by atoms with Crippen molar-refractivity contribution in [2.45, 2.75) is 33.2 Å². The van der Waals surface area contributed by atoms with Gasteiger partial charge < -0.3 is 4.74 Å². The van der Waals surface area contributed by atoms with Gasteiger partial charge in [0, 0.05) is 11.6 Å². The minimum absolute atomic E-state index is 0.249. The Labute approximate surface area is 182 Å². The molecule has 2 aromatic carbocycles. The van der Waals surface area contributed by atoms with Crippen LogP contribution in [0, 0.1) is 13.8 Å². The topological polar surface area (TPSA) is 85.7 Å². The van der Waals surface area contributed by atoms with Gasteiger partial charge in [-0.2, -0.15) is 0 Å². The highest BCUT2D eigenvalue weighted by Gasteiger charge is 2.34. The smallest absolute Gasteiger partial charge is 0.340 e. The first-order chi connectivity index (χ1) is 14.6. The monoisotopic (exact) mass is 442 g/mol. The first kappa shape index (κ1) is 22.6. The van der Waals surface area contributed by atoms with Gasteiger partial charge in [-0.15, -0.1) is 0 Å². The fraction of sp³-hybridized carbons (Fsp3) is 0.304. The van der Waals surface area contributed by atoms with E-state index < -0.39 is 27.9 Å². The molecule has 0 fully saturated rings. The number of aromatic nitrogens is 1. The van der Waals surface area contributed by atoms with Gasteiger partial charge in [0.15, 0.2) is 0 Å². The van der Waals surface area contributed by atoms with Crippen molar-refractivity contribution in [3.05, 3.63) is 65.4 Å². The number of nitrogens with zero attached hydrogens (tertiary/aromatic N) is 2. The van der Waals surface area contributed by atoms with E-state index >= 15 is 0 Å². The zero-order valence-corrected chi connectivity index (χ0v) is 19.1. The molecule has 1 heterocycles. The van der Waals surface area contributed by atoms with E-state index in [-0.39, 0.29) is 12.0 Å². The highest BCUT2D eigenvalue weighted by molar-refractivity contribution is 7.92. The minimum Gasteiger partial charge on any atom is -0.465 e. The lowest BCUT2D eigenvalue weighted by atomic mass is 10.1. The van der Waals surface area contributed by atoms with Gasteiger partial charge in [0.1, 0.15) is 6.04 Å². The molecule has 0 radical (unpaired) electrons. The van der Waals surface area contributed by atoms with E-state index in [9.17, 15) is 18.0 Å². The summed E-state index contributed by atoms with van der Waals surface area (Å²) in [6.07, 6.45) is 2.77. The maximum atomic E-state index is 13.7. The fourth-order valence-corrected chi connectivity index (χ4v) is 5.03. The molecule has 0 N–H and O–H groups in total. The van der Waals surface area contributed by atoms with Gasteiger partial charge in [-0.05, 0) is 43.5 Å². The van der Waals surface area contributed by atoms with Crippen LogP contribution in [0.2, 0.25) is 0 Å². The quantitative estimate of drug-likeness (QED) is 0.540. The van der Waals surface area contributed by atoms with Crippen LogP contribution in [0.5, 0.6) is 0 Å². The highest BCUT2D eigenvalue weighted by atomic mass is 32.2. The Balaban J connectivity index is 2.20. The summed E-state index contributed by atoms with van der Waals surface area (Å²) in [4.78, 5) is 25.9. The van der Waals surface area contributed by atoms with Gasteiger partial charge in [-0.3, -0.25) is 13.7 Å². The van der Waals surface area contributed by atoms with Gasteiger partial charge in [-0.25, -0.2) is 13.2 Å². The molecule has 0 bridgehead atoms. The van der Waals surface area contributed by atoms with Crippen molar-refractivity contribution in [1.82, 2.24) is 4.57 Å². The van der Waals surface area contributed by atoms with Crippen molar-refractivity contribution in [3.63, 3.8) is 0 Å². The number of benzene rings is 2. The van der Waals surface area contributed by atoms with Crippen LogP contribution in [0.15, 0.2) is 48.7 Å². The van der Waals surface area contributed by atoms with E-state index in [2.05, 4.69) is 0 Å². The maximum Gasteiger partial charge on any atom is 0.340 e. The summed E-state index contributed by atoms with van der Waals surface area (Å²) in [5.74, 6) is -1.01. The van der Waals surface area contributed by atoms with Crippen molar-refractivity contribution < 1.29 is 22.7 Å². The second-order valence-corrected chi connectivity index (χ2v) is 9.39. The Hall–Kier alpha value is -3.13. The van der Waals surface area contributed by atoms with Crippen molar-refractivity contribution >= 4 is 38.5 Å². The molecule has 1 atom stereocenters. The molecule has 1 aromatic heterocycles. The lowest BCUT2D eigenvalue weighted by Gasteiger charge is -2.31. The molecule has 7 nitrogen and oxygen atoms in total. The van der Waals surface area contributed by atoms with Gasteiger partial charge in [0.2, 0.25) is 10.0 Å². The number of esters is 1. The molecular formula is C23H26N2O5S. The number of methoxy groups -OCH3 is 1. The number of carbonyl (C=O) groups excluding carboxylic acids is 2. The van der Waals surface area contributed by atoms with Crippen LogP contribution in [0.25, 0.3) is 10.9 Å². The minimum atomic E-state index is -3.78. The summed E-state index contributed by atoms with van der Waals surface area (Å²) < 4.78 is 33.1. The lowest BCUT2D eigenvalue weighted by molar-refractivity contribution is 0.0603. The standard InChI is InChI=1S/C23H26N2O5S/c1-6-19(25(31(5,28)29)21-13-15(2)11-12-16(21)3)22(26)24-14-18(23(27)30-4)17-9-7-8-10-20(17)24/h7-14,19H,6H2,1-5H3/t19-/m0/s1. The largest absolute Gasteiger partial charge is 0.465 e. The van der Waals surface area contributed by atoms with E-state index in [0.717, 1.165) is 17.4 Å². The maximum absolute atomic E-state index is 13.7. The number of ether oxygens (including phenoxy) is 1. The first-order valence-electron chi connectivity index (χ1n) is 9.89. The number of fused-ring (bicyclic) bond motifs is 1. The summed E-state index contributed by atoms with van der Waals surface area (Å²) >= 11 is 0. The molecule has 31 heavy (non-hydrogen) atoms. The Morgan fingerprint density at radius 1 is 1.13 bits per heavy atom. The van der Waals surface area contributed by atoms with Crippen molar-refractivity contribution in [2.75, 3.05) is 17.7 Å². The molecule has 0 amide bonds. The molecule has 3 aromatic rings. The van der Waals surface area contributed by atoms with Crippen LogP contribution in [-0.4, -0.2) is 44.3 Å². The number of sulfonamides is 1. The number of rotatable bonds is 6. The molecule has 0 spiro atoms. The SMILES string of the molecule is CC[C@@H](C(=O)n1cc(C(=O)OC)c2ccccc21)N(c1cc(C)ccc1C)S(C)(=O)=O. The average molecular weight is 443 g/mol. The second-order valence-electron chi connectivity index (χ2n) is 7.53. The Kier molecular flexibility index (Phi) is 6.22. The summed E-state index contributed by atoms with van der Waals surface area (Å²) in [7, 11) is -2.51. The van der Waals surface area contributed by atoms with Crippen molar-refractivity contribution in [3.8, 4) is 0 Å². The molecule has 0 saturated carbocycles. The molecule has 0 aliphatic heterocycles. The Morgan fingerprint density at radius 3 is 2.42 bits per heavy atom. The van der Waals surface area contributed by atoms with E-state index in [4.69, 9.17) is 4.74 Å². The van der Waals surface area contributed by atoms with Gasteiger partial charge in [0.05, 0.1) is 30.1 Å². The molecule has 8 heteroatoms. The zero-order valence-electron chi connectivity index (χ0n) is 18.2. The van der Waals surface area contributed by atoms with Crippen LogP contribution in [0.3, 0.4) is 0 Å². The number of hydrogen-bond donors (Lipinski definition) is 0. The van der Waals surface area contributed by atoms with Crippen LogP contribution in [-0.2, 0) is 14.8 Å². The van der Waals surface area contributed by atoms with E-state index in [1.165, 1.54) is 22.2 Å². The van der Waals surface area contributed by atoms with Crippen LogP contribution >= 0.6 is 0 Å². The molecule has 0 aliphatic carbocycles. The van der Waals surface area contributed by atoms with Crippen molar-refractivity contribution in [1.29, 1.82) is 0 Å². The number of carbonyl (C=O) groups is 2. The third-order valence-electron chi connectivity index (χ3n) is 5.27. The number of aryl methyl sites for hydroxylation is 2. The lowest BCUT2D eigenvalue weighted by Crippen LogP contribution is -2.46. The third kappa shape index (κ3) is 4.20. The van der Waals surface area contributed by atoms with Crippen LogP contribution in [0.1, 0.15) is 39.6 Å². The molecule has 164 valence electrons. The van der Waals surface area contributed by atoms with E-state index in [0.29, 0.717) is 16.6 Å². The first-order valence-corrected chi connectivity index (χ1v) is 11.7.